The van der Waals surface area contributed by atoms with Crippen molar-refractivity contribution >= 4 is 17.7 Å². The summed E-state index contributed by atoms with van der Waals surface area (Å²) in [6.45, 7) is -0.159. The second kappa shape index (κ2) is 10.9. The van der Waals surface area contributed by atoms with E-state index in [9.17, 15) is 14.4 Å². The van der Waals surface area contributed by atoms with E-state index in [0.717, 1.165) is 18.4 Å². The number of carbonyl (C=O) groups excluding carboxylic acids is 2. The van der Waals surface area contributed by atoms with Crippen LogP contribution in [-0.4, -0.2) is 53.5 Å². The number of nitrogens with zero attached hydrogens (tertiary/aromatic N) is 1. The van der Waals surface area contributed by atoms with Gasteiger partial charge in [0.25, 0.3) is 0 Å². The highest BCUT2D eigenvalue weighted by atomic mass is 16.5. The minimum absolute atomic E-state index is 0.00436. The summed E-state index contributed by atoms with van der Waals surface area (Å²) in [6.07, 6.45) is 5.71. The van der Waals surface area contributed by atoms with Crippen molar-refractivity contribution in [2.24, 2.45) is 0 Å². The summed E-state index contributed by atoms with van der Waals surface area (Å²) in [7, 11) is 0. The lowest BCUT2D eigenvalue weighted by atomic mass is 10.00. The summed E-state index contributed by atoms with van der Waals surface area (Å²) in [6, 6.07) is 9.36. The van der Waals surface area contributed by atoms with Gasteiger partial charge in [-0.15, -0.1) is 0 Å². The number of hydrogen-bond donors (Lipinski definition) is 1. The zero-order valence-corrected chi connectivity index (χ0v) is 15.1. The van der Waals surface area contributed by atoms with E-state index in [1.165, 1.54) is 0 Å². The highest BCUT2D eigenvalue weighted by Gasteiger charge is 2.25. The van der Waals surface area contributed by atoms with Crippen LogP contribution in [0, 0.1) is 11.8 Å². The number of amides is 1. The summed E-state index contributed by atoms with van der Waals surface area (Å²) in [5.41, 5.74) is 0.955. The van der Waals surface area contributed by atoms with Crippen molar-refractivity contribution in [1.29, 1.82) is 0 Å². The molecule has 1 aromatic rings. The van der Waals surface area contributed by atoms with Gasteiger partial charge in [0.05, 0.1) is 12.6 Å². The number of aliphatic carboxylic acids is 1. The smallest absolute Gasteiger partial charge is 0.329 e. The molecule has 0 saturated carbocycles. The number of carboxylic acids is 1. The quantitative estimate of drug-likeness (QED) is 0.429. The second-order valence-corrected chi connectivity index (χ2v) is 6.21. The summed E-state index contributed by atoms with van der Waals surface area (Å²) < 4.78 is 4.84. The van der Waals surface area contributed by atoms with E-state index in [4.69, 9.17) is 9.84 Å². The van der Waals surface area contributed by atoms with Crippen LogP contribution in [0.3, 0.4) is 0 Å². The molecule has 1 amide bonds. The van der Waals surface area contributed by atoms with E-state index >= 15 is 0 Å². The van der Waals surface area contributed by atoms with Crippen LogP contribution >= 0.6 is 0 Å². The molecule has 6 nitrogen and oxygen atoms in total. The maximum atomic E-state index is 12.2. The molecule has 0 spiro atoms. The molecule has 1 fully saturated rings. The molecule has 1 aromatic carbocycles. The van der Waals surface area contributed by atoms with Gasteiger partial charge >= 0.3 is 5.97 Å². The van der Waals surface area contributed by atoms with Gasteiger partial charge in [0.2, 0.25) is 5.91 Å². The zero-order chi connectivity index (χ0) is 19.5. The number of ketones is 1. The van der Waals surface area contributed by atoms with Gasteiger partial charge in [-0.25, -0.2) is 4.79 Å². The third kappa shape index (κ3) is 7.47. The number of carbonyl (C=O) groups is 3. The number of carboxylic acid groups (broad SMARTS) is 1. The van der Waals surface area contributed by atoms with Crippen molar-refractivity contribution in [3.63, 3.8) is 0 Å². The Bertz CT molecular complexity index is 745. The molecule has 6 heteroatoms. The van der Waals surface area contributed by atoms with E-state index in [1.807, 2.05) is 30.3 Å². The predicted octanol–water partition coefficient (Wildman–Crippen LogP) is 1.84. The minimum Gasteiger partial charge on any atom is -0.480 e. The summed E-state index contributed by atoms with van der Waals surface area (Å²) in [4.78, 5) is 36.3. The van der Waals surface area contributed by atoms with Crippen molar-refractivity contribution in [3.8, 4) is 11.8 Å². The fraction of sp³-hybridized carbons (Fsp3) is 0.381. The normalized spacial score (nSPS) is 16.8. The molecule has 1 heterocycles. The number of hydrogen-bond acceptors (Lipinski definition) is 4. The van der Waals surface area contributed by atoms with Crippen LogP contribution in [0.2, 0.25) is 0 Å². The maximum Gasteiger partial charge on any atom is 0.329 e. The number of piperidine rings is 1. The molecule has 1 aliphatic heterocycles. The first kappa shape index (κ1) is 20.4. The van der Waals surface area contributed by atoms with Crippen molar-refractivity contribution in [2.75, 3.05) is 19.8 Å². The lowest BCUT2D eigenvalue weighted by Gasteiger charge is -2.32. The predicted molar refractivity (Wildman–Crippen MR) is 99.9 cm³/mol. The van der Waals surface area contributed by atoms with Gasteiger partial charge in [-0.05, 0) is 24.5 Å². The van der Waals surface area contributed by atoms with Crippen LogP contribution in [0.25, 0.3) is 0 Å². The first-order valence-electron chi connectivity index (χ1n) is 8.86. The van der Waals surface area contributed by atoms with Gasteiger partial charge in [0.15, 0.2) is 5.78 Å². The molecule has 0 aromatic heterocycles. The first-order chi connectivity index (χ1) is 13.1. The van der Waals surface area contributed by atoms with Gasteiger partial charge in [-0.3, -0.25) is 9.59 Å². The topological polar surface area (TPSA) is 83.9 Å². The molecular formula is C21H23NO5. The van der Waals surface area contributed by atoms with Crippen molar-refractivity contribution < 1.29 is 24.2 Å². The number of allylic oxidation sites excluding steroid dienone is 1. The fourth-order valence-electron chi connectivity index (χ4n) is 2.81. The summed E-state index contributed by atoms with van der Waals surface area (Å²) >= 11 is 0. The van der Waals surface area contributed by atoms with Crippen LogP contribution in [0.5, 0.6) is 0 Å². The molecule has 142 valence electrons. The lowest BCUT2D eigenvalue weighted by molar-refractivity contribution is -0.141. The molecule has 1 saturated heterocycles. The third-order valence-electron chi connectivity index (χ3n) is 4.11. The number of ether oxygens (including phenoxy) is 1. The van der Waals surface area contributed by atoms with Crippen LogP contribution < -0.4 is 0 Å². The van der Waals surface area contributed by atoms with Gasteiger partial charge in [-0.1, -0.05) is 48.2 Å². The average molecular weight is 369 g/mol. The Hall–Kier alpha value is -2.91. The largest absolute Gasteiger partial charge is 0.480 e. The van der Waals surface area contributed by atoms with Crippen molar-refractivity contribution in [3.05, 3.63) is 48.0 Å². The standard InChI is InChI=1S/C21H23NO5/c23-19(15-17-7-2-1-3-8-17)12-11-18-9-6-10-20(24)22(18)13-4-5-14-27-16-21(25)26/h1-3,7-8,11-12,18H,6,9-10,13-16H2,(H,25,26)/t18-/m1/s1. The minimum atomic E-state index is -1.05. The van der Waals surface area contributed by atoms with Gasteiger partial charge < -0.3 is 14.7 Å². The van der Waals surface area contributed by atoms with Crippen molar-refractivity contribution in [1.82, 2.24) is 4.90 Å². The molecule has 1 atom stereocenters. The van der Waals surface area contributed by atoms with E-state index in [0.29, 0.717) is 12.8 Å². The third-order valence-corrected chi connectivity index (χ3v) is 4.11. The number of benzene rings is 1. The number of likely N-dealkylation sites (tertiary alicyclic amines) is 1. The fourth-order valence-corrected chi connectivity index (χ4v) is 2.81. The van der Waals surface area contributed by atoms with E-state index in [1.54, 1.807) is 17.1 Å². The van der Waals surface area contributed by atoms with Gasteiger partial charge in [0, 0.05) is 12.8 Å². The Morgan fingerprint density at radius 3 is 2.78 bits per heavy atom. The van der Waals surface area contributed by atoms with E-state index in [-0.39, 0.29) is 30.9 Å². The molecular weight excluding hydrogens is 346 g/mol. The molecule has 0 unspecified atom stereocenters. The average Bonchev–Trinajstić information content (AvgIpc) is 2.65. The first-order valence-corrected chi connectivity index (χ1v) is 8.86. The highest BCUT2D eigenvalue weighted by Crippen LogP contribution is 2.19. The SMILES string of the molecule is O=C(O)COCC#CCN1C(=O)CCC[C@@H]1C=CC(=O)Cc1ccccc1. The maximum absolute atomic E-state index is 12.2. The molecule has 0 aliphatic carbocycles. The summed E-state index contributed by atoms with van der Waals surface area (Å²) in [5.74, 6) is 4.49. The molecule has 0 radical (unpaired) electrons. The molecule has 0 bridgehead atoms. The molecule has 1 N–H and O–H groups in total. The molecule has 27 heavy (non-hydrogen) atoms. The van der Waals surface area contributed by atoms with Crippen LogP contribution in [0.15, 0.2) is 42.5 Å². The Morgan fingerprint density at radius 2 is 2.04 bits per heavy atom. The monoisotopic (exact) mass is 369 g/mol. The lowest BCUT2D eigenvalue weighted by Crippen LogP contribution is -2.42. The number of rotatable bonds is 8. The van der Waals surface area contributed by atoms with Crippen LogP contribution in [0.4, 0.5) is 0 Å². The van der Waals surface area contributed by atoms with E-state index in [2.05, 4.69) is 11.8 Å². The van der Waals surface area contributed by atoms with E-state index < -0.39 is 12.6 Å². The van der Waals surface area contributed by atoms with Crippen LogP contribution in [-0.2, 0) is 25.5 Å². The van der Waals surface area contributed by atoms with Crippen LogP contribution in [0.1, 0.15) is 24.8 Å². The molecule has 2 rings (SSSR count). The Balaban J connectivity index is 1.88. The van der Waals surface area contributed by atoms with Crippen molar-refractivity contribution in [2.45, 2.75) is 31.7 Å². The highest BCUT2D eigenvalue weighted by molar-refractivity contribution is 5.91. The summed E-state index contributed by atoms with van der Waals surface area (Å²) in [5, 5.41) is 8.48. The zero-order valence-electron chi connectivity index (χ0n) is 15.1. The van der Waals surface area contributed by atoms with Gasteiger partial charge in [0.1, 0.15) is 13.2 Å². The second-order valence-electron chi connectivity index (χ2n) is 6.21. The molecule has 1 aliphatic rings. The van der Waals surface area contributed by atoms with Gasteiger partial charge in [-0.2, -0.15) is 0 Å². The Kier molecular flexibility index (Phi) is 8.27. The Labute approximate surface area is 158 Å². The Morgan fingerprint density at radius 1 is 1.26 bits per heavy atom.